The molecule has 8 heteroatoms. The minimum absolute atomic E-state index is 0.0809. The number of amides is 2. The lowest BCUT2D eigenvalue weighted by Gasteiger charge is -2.34. The first-order valence-corrected chi connectivity index (χ1v) is 14.9. The Morgan fingerprint density at radius 3 is 1.98 bits per heavy atom. The van der Waals surface area contributed by atoms with E-state index in [4.69, 9.17) is 0 Å². The molecule has 0 unspecified atom stereocenters. The van der Waals surface area contributed by atoms with Gasteiger partial charge in [-0.2, -0.15) is 0 Å². The number of rotatable bonds is 11. The van der Waals surface area contributed by atoms with Crippen LogP contribution in [0, 0.1) is 13.8 Å². The average Bonchev–Trinajstić information content (AvgIpc) is 2.99. The minimum Gasteiger partial charge on any atom is -0.357 e. The summed E-state index contributed by atoms with van der Waals surface area (Å²) < 4.78 is 29.0. The van der Waals surface area contributed by atoms with Crippen molar-refractivity contribution in [2.45, 2.75) is 37.8 Å². The lowest BCUT2D eigenvalue weighted by Crippen LogP contribution is -2.53. The largest absolute Gasteiger partial charge is 0.357 e. The maximum Gasteiger partial charge on any atom is 0.264 e. The summed E-state index contributed by atoms with van der Waals surface area (Å²) in [6, 6.07) is 31.4. The number of hydrogen-bond acceptors (Lipinski definition) is 4. The molecule has 0 bridgehead atoms. The molecule has 41 heavy (non-hydrogen) atoms. The molecular weight excluding hydrogens is 534 g/mol. The van der Waals surface area contributed by atoms with Gasteiger partial charge in [0.15, 0.2) is 0 Å². The van der Waals surface area contributed by atoms with Crippen LogP contribution in [0.25, 0.3) is 0 Å². The zero-order chi connectivity index (χ0) is 29.4. The average molecular weight is 570 g/mol. The predicted octanol–water partition coefficient (Wildman–Crippen LogP) is 4.88. The van der Waals surface area contributed by atoms with Crippen molar-refractivity contribution < 1.29 is 18.0 Å². The monoisotopic (exact) mass is 569 g/mol. The highest BCUT2D eigenvalue weighted by atomic mass is 32.2. The first-order valence-electron chi connectivity index (χ1n) is 13.4. The van der Waals surface area contributed by atoms with Gasteiger partial charge in [-0.1, -0.05) is 90.5 Å². The number of nitrogens with zero attached hydrogens (tertiary/aromatic N) is 2. The van der Waals surface area contributed by atoms with Crippen molar-refractivity contribution in [2.75, 3.05) is 17.9 Å². The van der Waals surface area contributed by atoms with Crippen LogP contribution in [-0.2, 0) is 32.6 Å². The van der Waals surface area contributed by atoms with Crippen LogP contribution in [0.1, 0.15) is 22.3 Å². The van der Waals surface area contributed by atoms with Crippen LogP contribution >= 0.6 is 0 Å². The zero-order valence-corrected chi connectivity index (χ0v) is 24.3. The second kappa shape index (κ2) is 13.3. The lowest BCUT2D eigenvalue weighted by atomic mass is 10.0. The highest BCUT2D eigenvalue weighted by Gasteiger charge is 2.34. The second-order valence-corrected chi connectivity index (χ2v) is 11.8. The predicted molar refractivity (Wildman–Crippen MR) is 162 cm³/mol. The molecule has 0 radical (unpaired) electrons. The van der Waals surface area contributed by atoms with Gasteiger partial charge in [-0.3, -0.25) is 13.9 Å². The normalized spacial score (nSPS) is 11.9. The fourth-order valence-corrected chi connectivity index (χ4v) is 6.07. The summed E-state index contributed by atoms with van der Waals surface area (Å²) in [5.74, 6) is -0.819. The summed E-state index contributed by atoms with van der Waals surface area (Å²) in [5, 5.41) is 2.70. The molecule has 2 amide bonds. The van der Waals surface area contributed by atoms with Gasteiger partial charge in [0, 0.05) is 20.0 Å². The van der Waals surface area contributed by atoms with Crippen LogP contribution in [-0.4, -0.2) is 44.8 Å². The van der Waals surface area contributed by atoms with E-state index < -0.39 is 28.5 Å². The van der Waals surface area contributed by atoms with Crippen LogP contribution in [0.3, 0.4) is 0 Å². The number of carbonyl (C=O) groups is 2. The zero-order valence-electron chi connectivity index (χ0n) is 23.5. The van der Waals surface area contributed by atoms with Gasteiger partial charge in [0.25, 0.3) is 10.0 Å². The molecule has 0 heterocycles. The van der Waals surface area contributed by atoms with E-state index in [9.17, 15) is 18.0 Å². The van der Waals surface area contributed by atoms with E-state index in [0.29, 0.717) is 5.69 Å². The van der Waals surface area contributed by atoms with Gasteiger partial charge in [-0.15, -0.1) is 0 Å². The summed E-state index contributed by atoms with van der Waals surface area (Å²) in [4.78, 5) is 29.1. The molecule has 1 atom stereocenters. The van der Waals surface area contributed by atoms with Gasteiger partial charge in [-0.25, -0.2) is 8.42 Å². The Kier molecular flexibility index (Phi) is 9.57. The lowest BCUT2D eigenvalue weighted by molar-refractivity contribution is -0.139. The number of benzene rings is 4. The third kappa shape index (κ3) is 7.21. The van der Waals surface area contributed by atoms with E-state index in [1.165, 1.54) is 11.9 Å². The summed E-state index contributed by atoms with van der Waals surface area (Å²) in [7, 11) is -2.57. The van der Waals surface area contributed by atoms with Crippen LogP contribution in [0.4, 0.5) is 5.69 Å². The molecule has 0 aromatic heterocycles. The van der Waals surface area contributed by atoms with Gasteiger partial charge in [-0.05, 0) is 54.8 Å². The number of aryl methyl sites for hydroxylation is 2. The van der Waals surface area contributed by atoms with Crippen molar-refractivity contribution in [1.29, 1.82) is 0 Å². The molecule has 0 aliphatic heterocycles. The Morgan fingerprint density at radius 1 is 0.780 bits per heavy atom. The number of carbonyl (C=O) groups excluding carboxylic acids is 2. The van der Waals surface area contributed by atoms with Crippen LogP contribution in [0.15, 0.2) is 114 Å². The Morgan fingerprint density at radius 2 is 1.37 bits per heavy atom. The molecule has 0 fully saturated rings. The van der Waals surface area contributed by atoms with Gasteiger partial charge in [0.05, 0.1) is 10.6 Å². The molecule has 4 rings (SSSR count). The third-order valence-electron chi connectivity index (χ3n) is 7.05. The Balaban J connectivity index is 1.78. The molecule has 0 aliphatic rings. The summed E-state index contributed by atoms with van der Waals surface area (Å²) in [5.41, 5.74) is 4.00. The number of anilines is 1. The molecule has 212 valence electrons. The SMILES string of the molecule is CNC(=O)[C@@H](Cc1ccccc1)N(Cc1ccccc1C)C(=O)CN(c1ccccc1)S(=O)(=O)c1ccc(C)cc1. The first-order chi connectivity index (χ1) is 19.7. The first kappa shape index (κ1) is 29.6. The molecule has 0 aliphatic carbocycles. The smallest absolute Gasteiger partial charge is 0.264 e. The number of nitrogens with one attached hydrogen (secondary N) is 1. The van der Waals surface area contributed by atoms with Gasteiger partial charge in [0.2, 0.25) is 11.8 Å². The highest BCUT2D eigenvalue weighted by Crippen LogP contribution is 2.25. The maximum atomic E-state index is 14.3. The van der Waals surface area contributed by atoms with Crippen molar-refractivity contribution >= 4 is 27.5 Å². The molecule has 0 saturated heterocycles. The standard InChI is InChI=1S/C33H35N3O4S/c1-25-18-20-30(21-19-25)41(39,40)36(29-16-8-5-9-17-29)24-32(37)35(23-28-15-11-10-12-26(28)2)31(33(38)34-3)22-27-13-6-4-7-14-27/h4-21,31H,22-24H2,1-3H3,(H,34,38)/t31-/m1/s1. The second-order valence-electron chi connectivity index (χ2n) is 9.93. The van der Waals surface area contributed by atoms with Crippen molar-refractivity contribution in [2.24, 2.45) is 0 Å². The van der Waals surface area contributed by atoms with Crippen LogP contribution in [0.2, 0.25) is 0 Å². The fourth-order valence-electron chi connectivity index (χ4n) is 4.65. The molecule has 0 spiro atoms. The number of para-hydroxylation sites is 1. The molecule has 1 N–H and O–H groups in total. The minimum atomic E-state index is -4.11. The van der Waals surface area contributed by atoms with E-state index in [1.807, 2.05) is 68.4 Å². The number of likely N-dealkylation sites (N-methyl/N-ethyl adjacent to an activating group) is 1. The molecular formula is C33H35N3O4S. The summed E-state index contributed by atoms with van der Waals surface area (Å²) in [6.45, 7) is 3.49. The van der Waals surface area contributed by atoms with Crippen molar-refractivity contribution in [3.8, 4) is 0 Å². The van der Waals surface area contributed by atoms with Gasteiger partial charge in [0.1, 0.15) is 12.6 Å². The van der Waals surface area contributed by atoms with E-state index in [2.05, 4.69) is 5.32 Å². The third-order valence-corrected chi connectivity index (χ3v) is 8.84. The quantitative estimate of drug-likeness (QED) is 0.279. The molecule has 4 aromatic carbocycles. The van der Waals surface area contributed by atoms with Crippen LogP contribution in [0.5, 0.6) is 0 Å². The van der Waals surface area contributed by atoms with E-state index >= 15 is 0 Å². The van der Waals surface area contributed by atoms with Crippen molar-refractivity contribution in [1.82, 2.24) is 10.2 Å². The van der Waals surface area contributed by atoms with Crippen LogP contribution < -0.4 is 9.62 Å². The van der Waals surface area contributed by atoms with E-state index in [1.54, 1.807) is 54.6 Å². The molecule has 4 aromatic rings. The maximum absolute atomic E-state index is 14.3. The Bertz CT molecular complexity index is 1570. The van der Waals surface area contributed by atoms with Gasteiger partial charge >= 0.3 is 0 Å². The molecule has 0 saturated carbocycles. The summed E-state index contributed by atoms with van der Waals surface area (Å²) in [6.07, 6.45) is 0.272. The Hall–Kier alpha value is -4.43. The number of sulfonamides is 1. The highest BCUT2D eigenvalue weighted by molar-refractivity contribution is 7.92. The van der Waals surface area contributed by atoms with E-state index in [-0.39, 0.29) is 23.8 Å². The number of hydrogen-bond donors (Lipinski definition) is 1. The Labute approximate surface area is 242 Å². The van der Waals surface area contributed by atoms with Crippen molar-refractivity contribution in [3.05, 3.63) is 131 Å². The van der Waals surface area contributed by atoms with Crippen molar-refractivity contribution in [3.63, 3.8) is 0 Å². The van der Waals surface area contributed by atoms with Gasteiger partial charge < -0.3 is 10.2 Å². The van der Waals surface area contributed by atoms with E-state index in [0.717, 1.165) is 26.6 Å². The fraction of sp³-hybridized carbons (Fsp3) is 0.212. The molecule has 7 nitrogen and oxygen atoms in total. The summed E-state index contributed by atoms with van der Waals surface area (Å²) >= 11 is 0. The topological polar surface area (TPSA) is 86.8 Å².